The second-order valence-corrected chi connectivity index (χ2v) is 6.51. The van der Waals surface area contributed by atoms with Gasteiger partial charge < -0.3 is 5.32 Å². The highest BCUT2D eigenvalue weighted by Crippen LogP contribution is 2.26. The number of hydrogen-bond donors (Lipinski definition) is 1. The summed E-state index contributed by atoms with van der Waals surface area (Å²) in [5, 5.41) is 11.4. The number of pyridine rings is 1. The highest BCUT2D eigenvalue weighted by Gasteiger charge is 2.13. The Morgan fingerprint density at radius 2 is 1.79 bits per heavy atom. The predicted octanol–water partition coefficient (Wildman–Crippen LogP) is 4.26. The van der Waals surface area contributed by atoms with Crippen LogP contribution in [0.4, 0.5) is 8.78 Å². The number of aromatic nitrogens is 3. The van der Waals surface area contributed by atoms with Gasteiger partial charge in [-0.3, -0.25) is 9.20 Å². The summed E-state index contributed by atoms with van der Waals surface area (Å²) in [4.78, 5) is 12.4. The van der Waals surface area contributed by atoms with E-state index >= 15 is 0 Å². The molecule has 1 amide bonds. The Kier molecular flexibility index (Phi) is 4.75. The molecule has 5 nitrogen and oxygen atoms in total. The molecule has 0 fully saturated rings. The van der Waals surface area contributed by atoms with Crippen LogP contribution in [-0.4, -0.2) is 20.5 Å². The highest BCUT2D eigenvalue weighted by atomic mass is 35.5. The van der Waals surface area contributed by atoms with Gasteiger partial charge in [-0.15, -0.1) is 10.2 Å². The summed E-state index contributed by atoms with van der Waals surface area (Å²) in [6.45, 7) is -0.00371. The van der Waals surface area contributed by atoms with Crippen molar-refractivity contribution in [2.45, 2.75) is 6.54 Å². The molecule has 0 saturated heterocycles. The lowest BCUT2D eigenvalue weighted by Crippen LogP contribution is -2.23. The Hall–Kier alpha value is -3.32. The summed E-state index contributed by atoms with van der Waals surface area (Å²) in [7, 11) is 0. The minimum atomic E-state index is -0.693. The van der Waals surface area contributed by atoms with Crippen LogP contribution in [0.2, 0.25) is 5.02 Å². The van der Waals surface area contributed by atoms with Gasteiger partial charge in [0.05, 0.1) is 5.02 Å². The first-order chi connectivity index (χ1) is 13.5. The number of amides is 1. The minimum Gasteiger partial charge on any atom is -0.348 e. The van der Waals surface area contributed by atoms with Crippen LogP contribution in [0.25, 0.3) is 17.0 Å². The normalized spacial score (nSPS) is 11.0. The number of halogens is 3. The molecule has 0 spiro atoms. The third-order valence-electron chi connectivity index (χ3n) is 4.16. The maximum Gasteiger partial charge on any atom is 0.251 e. The number of fused-ring (bicyclic) bond motifs is 1. The summed E-state index contributed by atoms with van der Waals surface area (Å²) in [6.07, 6.45) is 1.67. The first-order valence-electron chi connectivity index (χ1n) is 8.34. The van der Waals surface area contributed by atoms with Gasteiger partial charge in [0.2, 0.25) is 0 Å². The standard InChI is InChI=1S/C20H13ClF2N4O/c21-17-4-2-1-3-16(17)19-26-25-18-9-13(5-6-27(18)19)20(28)24-11-12-7-14(22)10-15(23)8-12/h1-10H,11H2,(H,24,28). The van der Waals surface area contributed by atoms with Gasteiger partial charge in [0.25, 0.3) is 5.91 Å². The fraction of sp³-hybridized carbons (Fsp3) is 0.0500. The SMILES string of the molecule is O=C(NCc1cc(F)cc(F)c1)c1ccn2c(-c3ccccc3Cl)nnc2c1. The van der Waals surface area contributed by atoms with E-state index in [-0.39, 0.29) is 6.54 Å². The topological polar surface area (TPSA) is 59.3 Å². The molecule has 140 valence electrons. The van der Waals surface area contributed by atoms with Crippen molar-refractivity contribution < 1.29 is 13.6 Å². The van der Waals surface area contributed by atoms with Crippen LogP contribution in [0.15, 0.2) is 60.8 Å². The van der Waals surface area contributed by atoms with E-state index in [0.29, 0.717) is 27.6 Å². The maximum atomic E-state index is 13.2. The molecule has 1 N–H and O–H groups in total. The van der Waals surface area contributed by atoms with Crippen molar-refractivity contribution in [3.05, 3.63) is 88.6 Å². The number of carbonyl (C=O) groups excluding carboxylic acids is 1. The van der Waals surface area contributed by atoms with E-state index in [1.54, 1.807) is 28.8 Å². The lowest BCUT2D eigenvalue weighted by atomic mass is 10.2. The zero-order valence-electron chi connectivity index (χ0n) is 14.4. The number of nitrogens with zero attached hydrogens (tertiary/aromatic N) is 3. The van der Waals surface area contributed by atoms with E-state index in [9.17, 15) is 13.6 Å². The van der Waals surface area contributed by atoms with Crippen LogP contribution in [0, 0.1) is 11.6 Å². The van der Waals surface area contributed by atoms with Crippen molar-refractivity contribution in [2.24, 2.45) is 0 Å². The van der Waals surface area contributed by atoms with E-state index in [1.165, 1.54) is 12.1 Å². The van der Waals surface area contributed by atoms with Crippen molar-refractivity contribution in [1.82, 2.24) is 19.9 Å². The van der Waals surface area contributed by atoms with Crippen LogP contribution in [0.3, 0.4) is 0 Å². The molecule has 28 heavy (non-hydrogen) atoms. The van der Waals surface area contributed by atoms with E-state index < -0.39 is 17.5 Å². The van der Waals surface area contributed by atoms with Crippen molar-refractivity contribution in [3.63, 3.8) is 0 Å². The lowest BCUT2D eigenvalue weighted by Gasteiger charge is -2.07. The molecular weight excluding hydrogens is 386 g/mol. The summed E-state index contributed by atoms with van der Waals surface area (Å²) in [5.74, 6) is -1.22. The fourth-order valence-electron chi connectivity index (χ4n) is 2.86. The first kappa shape index (κ1) is 18.1. The molecule has 2 aromatic heterocycles. The molecule has 0 radical (unpaired) electrons. The Balaban J connectivity index is 1.56. The molecule has 0 atom stereocenters. The molecule has 0 aliphatic heterocycles. The molecular formula is C20H13ClF2N4O. The number of benzene rings is 2. The molecule has 2 aromatic carbocycles. The Morgan fingerprint density at radius 1 is 1.04 bits per heavy atom. The number of rotatable bonds is 4. The van der Waals surface area contributed by atoms with Gasteiger partial charge in [0.1, 0.15) is 11.6 Å². The van der Waals surface area contributed by atoms with E-state index in [0.717, 1.165) is 11.6 Å². The van der Waals surface area contributed by atoms with Gasteiger partial charge in [-0.2, -0.15) is 0 Å². The highest BCUT2D eigenvalue weighted by molar-refractivity contribution is 6.33. The monoisotopic (exact) mass is 398 g/mol. The molecule has 0 saturated carbocycles. The fourth-order valence-corrected chi connectivity index (χ4v) is 3.08. The van der Waals surface area contributed by atoms with E-state index in [2.05, 4.69) is 15.5 Å². The summed E-state index contributed by atoms with van der Waals surface area (Å²) in [6, 6.07) is 13.6. The van der Waals surface area contributed by atoms with Gasteiger partial charge >= 0.3 is 0 Å². The largest absolute Gasteiger partial charge is 0.348 e. The zero-order valence-corrected chi connectivity index (χ0v) is 15.1. The molecule has 0 aliphatic carbocycles. The molecule has 4 rings (SSSR count). The van der Waals surface area contributed by atoms with Crippen molar-refractivity contribution in [3.8, 4) is 11.4 Å². The smallest absolute Gasteiger partial charge is 0.251 e. The Morgan fingerprint density at radius 3 is 2.54 bits per heavy atom. The zero-order chi connectivity index (χ0) is 19.7. The first-order valence-corrected chi connectivity index (χ1v) is 8.72. The third kappa shape index (κ3) is 3.57. The van der Waals surface area contributed by atoms with Crippen LogP contribution >= 0.6 is 11.6 Å². The Labute approximate surface area is 163 Å². The second-order valence-electron chi connectivity index (χ2n) is 6.11. The van der Waals surface area contributed by atoms with Crippen molar-refractivity contribution in [1.29, 1.82) is 0 Å². The van der Waals surface area contributed by atoms with Crippen molar-refractivity contribution in [2.75, 3.05) is 0 Å². The third-order valence-corrected chi connectivity index (χ3v) is 4.49. The average Bonchev–Trinajstić information content (AvgIpc) is 3.09. The summed E-state index contributed by atoms with van der Waals surface area (Å²) >= 11 is 6.22. The Bertz CT molecular complexity index is 1170. The molecule has 4 aromatic rings. The average molecular weight is 399 g/mol. The quantitative estimate of drug-likeness (QED) is 0.559. The van der Waals surface area contributed by atoms with Gasteiger partial charge in [-0.1, -0.05) is 23.7 Å². The lowest BCUT2D eigenvalue weighted by molar-refractivity contribution is 0.0950. The van der Waals surface area contributed by atoms with Gasteiger partial charge in [0, 0.05) is 29.9 Å². The molecule has 0 aliphatic rings. The summed E-state index contributed by atoms with van der Waals surface area (Å²) < 4.78 is 28.2. The summed E-state index contributed by atoms with van der Waals surface area (Å²) in [5.41, 5.74) is 1.87. The molecule has 2 heterocycles. The number of hydrogen-bond acceptors (Lipinski definition) is 3. The number of carbonyl (C=O) groups is 1. The molecule has 0 bridgehead atoms. The van der Waals surface area contributed by atoms with E-state index in [4.69, 9.17) is 11.6 Å². The van der Waals surface area contributed by atoms with Crippen LogP contribution in [0.1, 0.15) is 15.9 Å². The van der Waals surface area contributed by atoms with E-state index in [1.807, 2.05) is 18.2 Å². The van der Waals surface area contributed by atoms with Gasteiger partial charge in [-0.05, 0) is 42.0 Å². The van der Waals surface area contributed by atoms with Gasteiger partial charge in [0.15, 0.2) is 11.5 Å². The second kappa shape index (κ2) is 7.36. The van der Waals surface area contributed by atoms with Gasteiger partial charge in [-0.25, -0.2) is 8.78 Å². The van der Waals surface area contributed by atoms with Crippen LogP contribution in [-0.2, 0) is 6.54 Å². The predicted molar refractivity (Wildman–Crippen MR) is 101 cm³/mol. The van der Waals surface area contributed by atoms with Crippen molar-refractivity contribution >= 4 is 23.2 Å². The molecule has 0 unspecified atom stereocenters. The minimum absolute atomic E-state index is 0.00371. The van der Waals surface area contributed by atoms with Crippen LogP contribution in [0.5, 0.6) is 0 Å². The maximum absolute atomic E-state index is 13.2. The molecule has 8 heteroatoms. The number of nitrogens with one attached hydrogen (secondary N) is 1. The van der Waals surface area contributed by atoms with Crippen LogP contribution < -0.4 is 5.32 Å².